The number of esters is 1. The summed E-state index contributed by atoms with van der Waals surface area (Å²) in [7, 11) is 0. The van der Waals surface area contributed by atoms with Crippen LogP contribution in [0.3, 0.4) is 0 Å². The van der Waals surface area contributed by atoms with Crippen molar-refractivity contribution in [2.24, 2.45) is 5.92 Å². The zero-order chi connectivity index (χ0) is 17.3. The van der Waals surface area contributed by atoms with Gasteiger partial charge in [-0.05, 0) is 25.7 Å². The summed E-state index contributed by atoms with van der Waals surface area (Å²) in [6, 6.07) is 1.13. The van der Waals surface area contributed by atoms with Crippen LogP contribution in [0.25, 0.3) is 0 Å². The van der Waals surface area contributed by atoms with Crippen molar-refractivity contribution in [3.63, 3.8) is 0 Å². The number of carbonyl (C=O) groups is 3. The molecular formula is C16H21N3O5. The van der Waals surface area contributed by atoms with E-state index in [9.17, 15) is 14.4 Å². The van der Waals surface area contributed by atoms with Crippen molar-refractivity contribution in [3.05, 3.63) is 17.5 Å². The maximum absolute atomic E-state index is 12.7. The first-order chi connectivity index (χ1) is 11.4. The van der Waals surface area contributed by atoms with Crippen LogP contribution < -0.4 is 5.32 Å². The fourth-order valence-electron chi connectivity index (χ4n) is 3.45. The lowest BCUT2D eigenvalue weighted by Crippen LogP contribution is -2.54. The number of hydrogen-bond donors (Lipinski definition) is 1. The lowest BCUT2D eigenvalue weighted by atomic mass is 9.73. The number of ether oxygens (including phenoxy) is 1. The third kappa shape index (κ3) is 2.88. The second-order valence-electron chi connectivity index (χ2n) is 6.53. The number of carbonyl (C=O) groups excluding carboxylic acids is 3. The highest BCUT2D eigenvalue weighted by molar-refractivity contribution is 6.08. The molecule has 1 saturated carbocycles. The predicted octanol–water partition coefficient (Wildman–Crippen LogP) is 1.53. The lowest BCUT2D eigenvalue weighted by molar-refractivity contribution is -0.149. The van der Waals surface area contributed by atoms with Gasteiger partial charge in [-0.3, -0.25) is 14.5 Å². The van der Waals surface area contributed by atoms with Crippen molar-refractivity contribution in [2.45, 2.75) is 51.7 Å². The van der Waals surface area contributed by atoms with E-state index in [2.05, 4.69) is 10.5 Å². The van der Waals surface area contributed by atoms with E-state index in [4.69, 9.17) is 9.26 Å². The predicted molar refractivity (Wildman–Crippen MR) is 81.6 cm³/mol. The highest BCUT2D eigenvalue weighted by Crippen LogP contribution is 2.38. The highest BCUT2D eigenvalue weighted by atomic mass is 16.5. The first kappa shape index (κ1) is 16.5. The minimum Gasteiger partial charge on any atom is -0.458 e. The van der Waals surface area contributed by atoms with Crippen LogP contribution in [-0.4, -0.2) is 40.0 Å². The Kier molecular flexibility index (Phi) is 4.29. The molecule has 0 unspecified atom stereocenters. The molecule has 24 heavy (non-hydrogen) atoms. The Labute approximate surface area is 139 Å². The first-order valence-corrected chi connectivity index (χ1v) is 8.14. The molecule has 1 N–H and O–H groups in total. The quantitative estimate of drug-likeness (QED) is 0.661. The molecule has 0 radical (unpaired) electrons. The summed E-state index contributed by atoms with van der Waals surface area (Å²) in [6.07, 6.45) is 3.43. The maximum Gasteiger partial charge on any atom is 0.326 e. The number of nitrogens with zero attached hydrogens (tertiary/aromatic N) is 2. The smallest absolute Gasteiger partial charge is 0.326 e. The molecular weight excluding hydrogens is 314 g/mol. The standard InChI is InChI=1S/C16H21N3O5/c1-10-5-3-4-6-16(10)14(21)19(15(22)17-16)8-13(20)23-9-12-7-11(2)24-18-12/h7,10H,3-6,8-9H2,1-2H3,(H,17,22)/t10-,16+/m0/s1. The summed E-state index contributed by atoms with van der Waals surface area (Å²) >= 11 is 0. The van der Waals surface area contributed by atoms with E-state index >= 15 is 0 Å². The second-order valence-corrected chi connectivity index (χ2v) is 6.53. The zero-order valence-electron chi connectivity index (χ0n) is 13.8. The molecule has 1 spiro atoms. The van der Waals surface area contributed by atoms with Gasteiger partial charge in [0, 0.05) is 6.07 Å². The number of rotatable bonds is 4. The lowest BCUT2D eigenvalue weighted by Gasteiger charge is -2.36. The van der Waals surface area contributed by atoms with Crippen molar-refractivity contribution in [2.75, 3.05) is 6.54 Å². The van der Waals surface area contributed by atoms with Crippen LogP contribution in [0.5, 0.6) is 0 Å². The van der Waals surface area contributed by atoms with E-state index in [0.717, 1.165) is 24.2 Å². The largest absolute Gasteiger partial charge is 0.458 e. The third-order valence-electron chi connectivity index (χ3n) is 4.85. The van der Waals surface area contributed by atoms with Crippen LogP contribution in [0.4, 0.5) is 4.79 Å². The van der Waals surface area contributed by atoms with E-state index in [0.29, 0.717) is 17.9 Å². The summed E-state index contributed by atoms with van der Waals surface area (Å²) in [4.78, 5) is 37.8. The van der Waals surface area contributed by atoms with Crippen LogP contribution in [0, 0.1) is 12.8 Å². The number of nitrogens with one attached hydrogen (secondary N) is 1. The molecule has 2 aliphatic rings. The topological polar surface area (TPSA) is 102 Å². The van der Waals surface area contributed by atoms with Gasteiger partial charge in [0.25, 0.3) is 5.91 Å². The third-order valence-corrected chi connectivity index (χ3v) is 4.85. The van der Waals surface area contributed by atoms with Gasteiger partial charge in [-0.15, -0.1) is 0 Å². The molecule has 8 heteroatoms. The van der Waals surface area contributed by atoms with Crippen LogP contribution in [0.1, 0.15) is 44.1 Å². The Morgan fingerprint density at radius 2 is 2.29 bits per heavy atom. The van der Waals surface area contributed by atoms with Crippen molar-refractivity contribution in [3.8, 4) is 0 Å². The van der Waals surface area contributed by atoms with Crippen LogP contribution in [0.15, 0.2) is 10.6 Å². The summed E-state index contributed by atoms with van der Waals surface area (Å²) < 4.78 is 9.95. The molecule has 1 saturated heterocycles. The zero-order valence-corrected chi connectivity index (χ0v) is 13.8. The summed E-state index contributed by atoms with van der Waals surface area (Å²) in [5, 5.41) is 6.52. The Balaban J connectivity index is 1.61. The van der Waals surface area contributed by atoms with Gasteiger partial charge in [-0.25, -0.2) is 4.79 Å². The van der Waals surface area contributed by atoms with E-state index in [1.165, 1.54) is 0 Å². The fraction of sp³-hybridized carbons (Fsp3) is 0.625. The molecule has 1 aromatic heterocycles. The second kappa shape index (κ2) is 6.26. The fourth-order valence-corrected chi connectivity index (χ4v) is 3.45. The average molecular weight is 335 g/mol. The molecule has 1 aromatic rings. The van der Waals surface area contributed by atoms with E-state index < -0.39 is 24.1 Å². The highest BCUT2D eigenvalue weighted by Gasteiger charge is 2.55. The summed E-state index contributed by atoms with van der Waals surface area (Å²) in [6.45, 7) is 3.25. The summed E-state index contributed by atoms with van der Waals surface area (Å²) in [5.74, 6) is -0.307. The maximum atomic E-state index is 12.7. The number of hydrogen-bond acceptors (Lipinski definition) is 6. The Morgan fingerprint density at radius 1 is 1.50 bits per heavy atom. The molecule has 130 valence electrons. The van der Waals surface area contributed by atoms with Gasteiger partial charge < -0.3 is 14.6 Å². The number of amides is 3. The van der Waals surface area contributed by atoms with Gasteiger partial charge in [0.05, 0.1) is 0 Å². The van der Waals surface area contributed by atoms with Gasteiger partial charge in [0.1, 0.15) is 30.1 Å². The minimum atomic E-state index is -0.862. The minimum absolute atomic E-state index is 0.0542. The molecule has 3 amide bonds. The Hall–Kier alpha value is -2.38. The SMILES string of the molecule is Cc1cc(COC(=O)CN2C(=O)N[C@@]3(CCCC[C@@H]3C)C2=O)no1. The molecule has 2 atom stereocenters. The van der Waals surface area contributed by atoms with Crippen LogP contribution >= 0.6 is 0 Å². The van der Waals surface area contributed by atoms with Crippen molar-refractivity contribution < 1.29 is 23.6 Å². The molecule has 2 fully saturated rings. The number of urea groups is 1. The van der Waals surface area contributed by atoms with Crippen molar-refractivity contribution in [1.82, 2.24) is 15.4 Å². The number of aryl methyl sites for hydroxylation is 1. The van der Waals surface area contributed by atoms with Crippen molar-refractivity contribution in [1.29, 1.82) is 0 Å². The van der Waals surface area contributed by atoms with E-state index in [1.807, 2.05) is 6.92 Å². The van der Waals surface area contributed by atoms with Gasteiger partial charge in [0.2, 0.25) is 0 Å². The molecule has 2 heterocycles. The molecule has 0 bridgehead atoms. The normalized spacial score (nSPS) is 26.8. The van der Waals surface area contributed by atoms with Crippen LogP contribution in [-0.2, 0) is 20.9 Å². The molecule has 1 aliphatic heterocycles. The number of aromatic nitrogens is 1. The monoisotopic (exact) mass is 335 g/mol. The molecule has 8 nitrogen and oxygen atoms in total. The van der Waals surface area contributed by atoms with Gasteiger partial charge in [-0.1, -0.05) is 24.9 Å². The summed E-state index contributed by atoms with van der Waals surface area (Å²) in [5.41, 5.74) is -0.380. The average Bonchev–Trinajstić information content (AvgIpc) is 3.06. The molecule has 0 aromatic carbocycles. The van der Waals surface area contributed by atoms with E-state index in [-0.39, 0.29) is 18.4 Å². The van der Waals surface area contributed by atoms with Crippen molar-refractivity contribution >= 4 is 17.9 Å². The van der Waals surface area contributed by atoms with E-state index in [1.54, 1.807) is 13.0 Å². The Bertz CT molecular complexity index is 670. The van der Waals surface area contributed by atoms with Gasteiger partial charge in [-0.2, -0.15) is 0 Å². The van der Waals surface area contributed by atoms with Crippen LogP contribution in [0.2, 0.25) is 0 Å². The van der Waals surface area contributed by atoms with Gasteiger partial charge in [0.15, 0.2) is 0 Å². The van der Waals surface area contributed by atoms with Gasteiger partial charge >= 0.3 is 12.0 Å². The Morgan fingerprint density at radius 3 is 2.96 bits per heavy atom. The molecule has 1 aliphatic carbocycles. The first-order valence-electron chi connectivity index (χ1n) is 8.14. The molecule has 3 rings (SSSR count). The number of imide groups is 1.